The molecule has 0 saturated heterocycles. The van der Waals surface area contributed by atoms with Crippen molar-refractivity contribution in [2.24, 2.45) is 11.7 Å². The number of amides is 1. The molecule has 2 rings (SSSR count). The highest BCUT2D eigenvalue weighted by atomic mass is 16.2. The van der Waals surface area contributed by atoms with Gasteiger partial charge in [0.25, 0.3) is 11.5 Å². The molecule has 0 aromatic carbocycles. The fourth-order valence-corrected chi connectivity index (χ4v) is 2.16. The number of aromatic nitrogens is 3. The molecule has 2 heterocycles. The molecule has 0 fully saturated rings. The second-order valence-corrected chi connectivity index (χ2v) is 5.95. The second kappa shape index (κ2) is 6.74. The first-order valence-electron chi connectivity index (χ1n) is 7.43. The zero-order valence-corrected chi connectivity index (χ0v) is 13.4. The zero-order chi connectivity index (χ0) is 17.1. The van der Waals surface area contributed by atoms with Crippen molar-refractivity contribution >= 4 is 16.9 Å². The molecular formula is C15H21N5O3. The molecule has 1 amide bonds. The van der Waals surface area contributed by atoms with Crippen molar-refractivity contribution in [1.82, 2.24) is 19.9 Å². The van der Waals surface area contributed by atoms with Gasteiger partial charge in [0.05, 0.1) is 10.9 Å². The van der Waals surface area contributed by atoms with Gasteiger partial charge in [0.15, 0.2) is 0 Å². The standard InChI is InChI=1S/C15H21N5O3/c1-8(2)11(16)4-5-20(3)14(22)9-6-10-12(17-7-9)18-15(23)19-13(10)21/h6-8,11H,4-5,16H2,1-3H3,(H2,17,18,19,21,23). The fraction of sp³-hybridized carbons (Fsp3) is 0.467. The van der Waals surface area contributed by atoms with Crippen molar-refractivity contribution in [2.75, 3.05) is 13.6 Å². The molecule has 2 aromatic heterocycles. The van der Waals surface area contributed by atoms with E-state index in [1.54, 1.807) is 11.9 Å². The lowest BCUT2D eigenvalue weighted by Gasteiger charge is -2.21. The molecule has 0 bridgehead atoms. The number of nitrogens with zero attached hydrogens (tertiary/aromatic N) is 2. The summed E-state index contributed by atoms with van der Waals surface area (Å²) in [5.41, 5.74) is 5.22. The Labute approximate surface area is 132 Å². The molecule has 4 N–H and O–H groups in total. The third kappa shape index (κ3) is 3.84. The van der Waals surface area contributed by atoms with Crippen molar-refractivity contribution in [3.05, 3.63) is 38.7 Å². The van der Waals surface area contributed by atoms with E-state index in [0.29, 0.717) is 18.9 Å². The molecule has 0 radical (unpaired) electrons. The van der Waals surface area contributed by atoms with Crippen molar-refractivity contribution < 1.29 is 4.79 Å². The maximum absolute atomic E-state index is 12.4. The van der Waals surface area contributed by atoms with E-state index in [2.05, 4.69) is 15.0 Å². The van der Waals surface area contributed by atoms with Gasteiger partial charge in [-0.3, -0.25) is 19.6 Å². The van der Waals surface area contributed by atoms with Crippen LogP contribution in [0.3, 0.4) is 0 Å². The van der Waals surface area contributed by atoms with E-state index >= 15 is 0 Å². The molecule has 0 aliphatic rings. The molecule has 8 heteroatoms. The first-order chi connectivity index (χ1) is 10.8. The van der Waals surface area contributed by atoms with Gasteiger partial charge in [0, 0.05) is 25.8 Å². The van der Waals surface area contributed by atoms with Crippen LogP contribution in [0, 0.1) is 5.92 Å². The van der Waals surface area contributed by atoms with Gasteiger partial charge >= 0.3 is 5.69 Å². The largest absolute Gasteiger partial charge is 0.342 e. The average Bonchev–Trinajstić information content (AvgIpc) is 2.50. The van der Waals surface area contributed by atoms with Crippen LogP contribution in [-0.4, -0.2) is 45.4 Å². The number of H-pyrrole nitrogens is 2. The molecular weight excluding hydrogens is 298 g/mol. The van der Waals surface area contributed by atoms with Crippen LogP contribution in [0.25, 0.3) is 11.0 Å². The lowest BCUT2D eigenvalue weighted by Crippen LogP contribution is -2.34. The van der Waals surface area contributed by atoms with Gasteiger partial charge in [-0.1, -0.05) is 13.8 Å². The number of nitrogens with one attached hydrogen (secondary N) is 2. The molecule has 1 atom stereocenters. The summed E-state index contributed by atoms with van der Waals surface area (Å²) in [7, 11) is 1.68. The minimum Gasteiger partial charge on any atom is -0.342 e. The minimum absolute atomic E-state index is 0.0212. The molecule has 8 nitrogen and oxygen atoms in total. The van der Waals surface area contributed by atoms with Gasteiger partial charge in [-0.25, -0.2) is 9.78 Å². The summed E-state index contributed by atoms with van der Waals surface area (Å²) in [5, 5.41) is 0.169. The number of nitrogens with two attached hydrogens (primary N) is 1. The quantitative estimate of drug-likeness (QED) is 0.718. The maximum Gasteiger partial charge on any atom is 0.327 e. The summed E-state index contributed by atoms with van der Waals surface area (Å²) in [4.78, 5) is 45.4. The summed E-state index contributed by atoms with van der Waals surface area (Å²) in [6, 6.07) is 1.45. The number of hydrogen-bond acceptors (Lipinski definition) is 5. The third-order valence-corrected chi connectivity index (χ3v) is 3.84. The topological polar surface area (TPSA) is 125 Å². The monoisotopic (exact) mass is 319 g/mol. The predicted molar refractivity (Wildman–Crippen MR) is 87.4 cm³/mol. The first-order valence-corrected chi connectivity index (χ1v) is 7.43. The van der Waals surface area contributed by atoms with Crippen LogP contribution in [-0.2, 0) is 0 Å². The van der Waals surface area contributed by atoms with E-state index in [1.807, 2.05) is 13.8 Å². The molecule has 0 aliphatic carbocycles. The van der Waals surface area contributed by atoms with E-state index in [4.69, 9.17) is 5.73 Å². The number of rotatable bonds is 5. The Hall–Kier alpha value is -2.48. The van der Waals surface area contributed by atoms with Crippen molar-refractivity contribution in [3.8, 4) is 0 Å². The lowest BCUT2D eigenvalue weighted by molar-refractivity contribution is 0.0789. The summed E-state index contributed by atoms with van der Waals surface area (Å²) in [6.45, 7) is 4.58. The zero-order valence-electron chi connectivity index (χ0n) is 13.4. The summed E-state index contributed by atoms with van der Waals surface area (Å²) >= 11 is 0. The van der Waals surface area contributed by atoms with Crippen LogP contribution < -0.4 is 17.0 Å². The van der Waals surface area contributed by atoms with E-state index < -0.39 is 11.2 Å². The number of carbonyl (C=O) groups excluding carboxylic acids is 1. The van der Waals surface area contributed by atoms with Gasteiger partial charge < -0.3 is 10.6 Å². The first kappa shape index (κ1) is 16.9. The Morgan fingerprint density at radius 3 is 2.70 bits per heavy atom. The number of hydrogen-bond donors (Lipinski definition) is 3. The Balaban J connectivity index is 2.21. The second-order valence-electron chi connectivity index (χ2n) is 5.95. The Morgan fingerprint density at radius 2 is 2.04 bits per heavy atom. The molecule has 2 aromatic rings. The van der Waals surface area contributed by atoms with Gasteiger partial charge in [-0.2, -0.15) is 0 Å². The molecule has 23 heavy (non-hydrogen) atoms. The van der Waals surface area contributed by atoms with Gasteiger partial charge in [-0.05, 0) is 18.4 Å². The molecule has 124 valence electrons. The van der Waals surface area contributed by atoms with Gasteiger partial charge in [-0.15, -0.1) is 0 Å². The molecule has 0 spiro atoms. The minimum atomic E-state index is -0.631. The molecule has 0 saturated carbocycles. The fourth-order valence-electron chi connectivity index (χ4n) is 2.16. The van der Waals surface area contributed by atoms with E-state index in [0.717, 1.165) is 0 Å². The van der Waals surface area contributed by atoms with Crippen LogP contribution in [0.1, 0.15) is 30.6 Å². The maximum atomic E-state index is 12.4. The highest BCUT2D eigenvalue weighted by molar-refractivity contribution is 5.96. The van der Waals surface area contributed by atoms with Crippen molar-refractivity contribution in [3.63, 3.8) is 0 Å². The van der Waals surface area contributed by atoms with Crippen LogP contribution in [0.15, 0.2) is 21.9 Å². The summed E-state index contributed by atoms with van der Waals surface area (Å²) < 4.78 is 0. The molecule has 1 unspecified atom stereocenters. The average molecular weight is 319 g/mol. The van der Waals surface area contributed by atoms with E-state index in [9.17, 15) is 14.4 Å². The number of pyridine rings is 1. The Morgan fingerprint density at radius 1 is 1.35 bits per heavy atom. The highest BCUT2D eigenvalue weighted by Gasteiger charge is 2.16. The number of fused-ring (bicyclic) bond motifs is 1. The van der Waals surface area contributed by atoms with Crippen molar-refractivity contribution in [2.45, 2.75) is 26.3 Å². The Bertz CT molecular complexity index is 824. The Kier molecular flexibility index (Phi) is 4.95. The van der Waals surface area contributed by atoms with Crippen molar-refractivity contribution in [1.29, 1.82) is 0 Å². The summed E-state index contributed by atoms with van der Waals surface area (Å²) in [5.74, 6) is 0.0946. The smallest absolute Gasteiger partial charge is 0.327 e. The van der Waals surface area contributed by atoms with Crippen LogP contribution in [0.5, 0.6) is 0 Å². The number of aromatic amines is 2. The lowest BCUT2D eigenvalue weighted by atomic mass is 10.0. The number of carbonyl (C=O) groups is 1. The third-order valence-electron chi connectivity index (χ3n) is 3.84. The SMILES string of the molecule is CC(C)C(N)CCN(C)C(=O)c1cnc2[nH]c(=O)[nH]c(=O)c2c1. The van der Waals surface area contributed by atoms with Crippen LogP contribution in [0.4, 0.5) is 0 Å². The van der Waals surface area contributed by atoms with E-state index in [1.165, 1.54) is 12.3 Å². The predicted octanol–water partition coefficient (Wildman–Crippen LogP) is 0.0568. The van der Waals surface area contributed by atoms with Crippen LogP contribution >= 0.6 is 0 Å². The summed E-state index contributed by atoms with van der Waals surface area (Å²) in [6.07, 6.45) is 2.04. The van der Waals surface area contributed by atoms with Crippen LogP contribution in [0.2, 0.25) is 0 Å². The molecule has 0 aliphatic heterocycles. The van der Waals surface area contributed by atoms with E-state index in [-0.39, 0.29) is 28.5 Å². The highest BCUT2D eigenvalue weighted by Crippen LogP contribution is 2.09. The van der Waals surface area contributed by atoms with Gasteiger partial charge in [0.1, 0.15) is 5.65 Å². The van der Waals surface area contributed by atoms with Gasteiger partial charge in [0.2, 0.25) is 0 Å². The normalized spacial score (nSPS) is 12.6.